The Hall–Kier alpha value is -3.58. The van der Waals surface area contributed by atoms with Gasteiger partial charge >= 0.3 is 0 Å². The first-order valence-corrected chi connectivity index (χ1v) is 11.5. The molecule has 7 heteroatoms. The lowest BCUT2D eigenvalue weighted by atomic mass is 10.1. The van der Waals surface area contributed by atoms with Gasteiger partial charge in [0.2, 0.25) is 5.95 Å². The largest absolute Gasteiger partial charge is 0.492 e. The van der Waals surface area contributed by atoms with E-state index in [1.165, 1.54) is 31.5 Å². The van der Waals surface area contributed by atoms with Crippen molar-refractivity contribution in [2.75, 3.05) is 37.3 Å². The van der Waals surface area contributed by atoms with Crippen LogP contribution in [0.3, 0.4) is 0 Å². The molecule has 3 heterocycles. The van der Waals surface area contributed by atoms with Gasteiger partial charge in [0.1, 0.15) is 18.2 Å². The number of H-pyrrole nitrogens is 1. The molecule has 2 aromatic heterocycles. The Morgan fingerprint density at radius 1 is 1.03 bits per heavy atom. The van der Waals surface area contributed by atoms with Gasteiger partial charge in [-0.1, -0.05) is 6.07 Å². The van der Waals surface area contributed by atoms with E-state index in [-0.39, 0.29) is 5.95 Å². The van der Waals surface area contributed by atoms with Crippen LogP contribution in [0.25, 0.3) is 22.2 Å². The Labute approximate surface area is 194 Å². The number of nitrogens with zero attached hydrogens (tertiary/aromatic N) is 3. The van der Waals surface area contributed by atoms with E-state index in [9.17, 15) is 0 Å². The number of benzene rings is 2. The molecule has 0 amide bonds. The summed E-state index contributed by atoms with van der Waals surface area (Å²) < 4.78 is 5.94. The molecule has 0 spiro atoms. The van der Waals surface area contributed by atoms with Crippen LogP contribution in [0.4, 0.5) is 17.5 Å². The number of aromatic amines is 1. The van der Waals surface area contributed by atoms with Gasteiger partial charge in [0.25, 0.3) is 0 Å². The van der Waals surface area contributed by atoms with Crippen LogP contribution in [0, 0.1) is 13.8 Å². The van der Waals surface area contributed by atoms with Gasteiger partial charge in [0.15, 0.2) is 0 Å². The van der Waals surface area contributed by atoms with Gasteiger partial charge in [-0.2, -0.15) is 4.98 Å². The lowest BCUT2D eigenvalue weighted by molar-refractivity contribution is 0.238. The lowest BCUT2D eigenvalue weighted by Crippen LogP contribution is -2.25. The second-order valence-electron chi connectivity index (χ2n) is 8.65. The SMILES string of the molecule is Cc1c(Nc2ccc(C)c3[nH]ccc23)nc(N)nc1-c1ccc(OCCN2CCCC2)cc1. The second kappa shape index (κ2) is 9.11. The van der Waals surface area contributed by atoms with Crippen LogP contribution in [0.5, 0.6) is 5.75 Å². The Balaban J connectivity index is 1.35. The highest BCUT2D eigenvalue weighted by Crippen LogP contribution is 2.32. The van der Waals surface area contributed by atoms with E-state index >= 15 is 0 Å². The van der Waals surface area contributed by atoms with Gasteiger partial charge in [0.05, 0.1) is 11.2 Å². The molecule has 5 rings (SSSR count). The highest BCUT2D eigenvalue weighted by Gasteiger charge is 2.14. The lowest BCUT2D eigenvalue weighted by Gasteiger charge is -2.16. The highest BCUT2D eigenvalue weighted by atomic mass is 16.5. The fraction of sp³-hybridized carbons (Fsp3) is 0.308. The third-order valence-corrected chi connectivity index (χ3v) is 6.35. The summed E-state index contributed by atoms with van der Waals surface area (Å²) in [5, 5.41) is 4.58. The molecule has 1 fully saturated rings. The van der Waals surface area contributed by atoms with Crippen molar-refractivity contribution in [1.82, 2.24) is 19.9 Å². The number of fused-ring (bicyclic) bond motifs is 1. The summed E-state index contributed by atoms with van der Waals surface area (Å²) in [4.78, 5) is 14.8. The summed E-state index contributed by atoms with van der Waals surface area (Å²) in [6, 6.07) is 14.3. The molecule has 0 radical (unpaired) electrons. The van der Waals surface area contributed by atoms with E-state index in [1.807, 2.05) is 37.4 Å². The molecule has 0 saturated carbocycles. The smallest absolute Gasteiger partial charge is 0.222 e. The molecule has 7 nitrogen and oxygen atoms in total. The molecule has 1 aliphatic rings. The molecule has 1 saturated heterocycles. The van der Waals surface area contributed by atoms with Gasteiger partial charge in [0, 0.05) is 34.9 Å². The fourth-order valence-corrected chi connectivity index (χ4v) is 4.48. The minimum absolute atomic E-state index is 0.237. The van der Waals surface area contributed by atoms with Crippen molar-refractivity contribution < 1.29 is 4.74 Å². The standard InChI is InChI=1S/C26H30N6O/c1-17-5-10-22(21-11-12-28-23(17)21)29-25-18(2)24(30-26(27)31-25)19-6-8-20(9-7-19)33-16-15-32-13-3-4-14-32/h5-12,28H,3-4,13-16H2,1-2H3,(H3,27,29,30,31). The Morgan fingerprint density at radius 2 is 1.82 bits per heavy atom. The maximum absolute atomic E-state index is 6.09. The van der Waals surface area contributed by atoms with E-state index in [0.717, 1.165) is 45.7 Å². The molecule has 4 N–H and O–H groups in total. The normalized spacial score (nSPS) is 14.1. The number of nitrogens with two attached hydrogens (primary N) is 1. The molecular formula is C26H30N6O. The van der Waals surface area contributed by atoms with E-state index in [0.29, 0.717) is 12.4 Å². The predicted molar refractivity (Wildman–Crippen MR) is 134 cm³/mol. The Morgan fingerprint density at radius 3 is 2.61 bits per heavy atom. The minimum atomic E-state index is 0.237. The zero-order valence-electron chi connectivity index (χ0n) is 19.2. The molecular weight excluding hydrogens is 412 g/mol. The second-order valence-corrected chi connectivity index (χ2v) is 8.65. The van der Waals surface area contributed by atoms with Crippen molar-refractivity contribution in [2.45, 2.75) is 26.7 Å². The number of aryl methyl sites for hydroxylation is 1. The molecule has 0 unspecified atom stereocenters. The zero-order chi connectivity index (χ0) is 22.8. The van der Waals surface area contributed by atoms with Gasteiger partial charge in [-0.05, 0) is 81.7 Å². The van der Waals surface area contributed by atoms with Gasteiger partial charge < -0.3 is 20.8 Å². The monoisotopic (exact) mass is 442 g/mol. The summed E-state index contributed by atoms with van der Waals surface area (Å²) in [5.41, 5.74) is 12.1. The molecule has 1 aliphatic heterocycles. The van der Waals surface area contributed by atoms with Gasteiger partial charge in [-0.15, -0.1) is 0 Å². The summed E-state index contributed by atoms with van der Waals surface area (Å²) >= 11 is 0. The van der Waals surface area contributed by atoms with Crippen LogP contribution in [0.2, 0.25) is 0 Å². The van der Waals surface area contributed by atoms with Gasteiger partial charge in [-0.3, -0.25) is 4.90 Å². The number of likely N-dealkylation sites (tertiary alicyclic amines) is 1. The predicted octanol–water partition coefficient (Wildman–Crippen LogP) is 5.04. The number of hydrogen-bond acceptors (Lipinski definition) is 6. The van der Waals surface area contributed by atoms with Crippen molar-refractivity contribution in [1.29, 1.82) is 0 Å². The maximum atomic E-state index is 6.09. The fourth-order valence-electron chi connectivity index (χ4n) is 4.48. The van der Waals surface area contributed by atoms with Crippen molar-refractivity contribution in [3.63, 3.8) is 0 Å². The highest BCUT2D eigenvalue weighted by molar-refractivity contribution is 5.95. The van der Waals surface area contributed by atoms with Crippen molar-refractivity contribution in [3.8, 4) is 17.0 Å². The number of anilines is 3. The van der Waals surface area contributed by atoms with Gasteiger partial charge in [-0.25, -0.2) is 4.98 Å². The number of ether oxygens (including phenoxy) is 1. The third-order valence-electron chi connectivity index (χ3n) is 6.35. The molecule has 0 aliphatic carbocycles. The van der Waals surface area contributed by atoms with Crippen molar-refractivity contribution in [3.05, 3.63) is 59.8 Å². The number of hydrogen-bond donors (Lipinski definition) is 3. The molecule has 2 aromatic carbocycles. The maximum Gasteiger partial charge on any atom is 0.222 e. The van der Waals surface area contributed by atoms with Crippen molar-refractivity contribution in [2.24, 2.45) is 0 Å². The number of nitrogens with one attached hydrogen (secondary N) is 2. The Kier molecular flexibility index (Phi) is 5.88. The van der Waals surface area contributed by atoms with Crippen LogP contribution in [-0.2, 0) is 0 Å². The quantitative estimate of drug-likeness (QED) is 0.371. The molecule has 0 atom stereocenters. The topological polar surface area (TPSA) is 92.1 Å². The number of rotatable bonds is 7. The molecule has 4 aromatic rings. The van der Waals surface area contributed by atoms with E-state index < -0.39 is 0 Å². The third kappa shape index (κ3) is 4.50. The molecule has 0 bridgehead atoms. The van der Waals surface area contributed by atoms with Crippen LogP contribution in [-0.4, -0.2) is 46.1 Å². The van der Waals surface area contributed by atoms with Crippen LogP contribution in [0.15, 0.2) is 48.7 Å². The Bertz CT molecular complexity index is 1260. The first-order chi connectivity index (χ1) is 16.1. The van der Waals surface area contributed by atoms with Crippen LogP contribution < -0.4 is 15.8 Å². The van der Waals surface area contributed by atoms with Crippen LogP contribution >= 0.6 is 0 Å². The molecule has 33 heavy (non-hydrogen) atoms. The van der Waals surface area contributed by atoms with Crippen molar-refractivity contribution >= 4 is 28.4 Å². The summed E-state index contributed by atoms with van der Waals surface area (Å²) in [6.45, 7) is 8.16. The summed E-state index contributed by atoms with van der Waals surface area (Å²) in [5.74, 6) is 1.81. The first kappa shape index (κ1) is 21.3. The minimum Gasteiger partial charge on any atom is -0.492 e. The summed E-state index contributed by atoms with van der Waals surface area (Å²) in [6.07, 6.45) is 4.55. The van der Waals surface area contributed by atoms with E-state index in [4.69, 9.17) is 10.5 Å². The van der Waals surface area contributed by atoms with E-state index in [1.54, 1.807) is 0 Å². The molecule has 170 valence electrons. The average Bonchev–Trinajstić information content (AvgIpc) is 3.51. The number of aromatic nitrogens is 3. The zero-order valence-corrected chi connectivity index (χ0v) is 19.2. The average molecular weight is 443 g/mol. The summed E-state index contributed by atoms with van der Waals surface area (Å²) in [7, 11) is 0. The number of nitrogen functional groups attached to an aromatic ring is 1. The van der Waals surface area contributed by atoms with E-state index in [2.05, 4.69) is 50.3 Å². The van der Waals surface area contributed by atoms with Crippen LogP contribution in [0.1, 0.15) is 24.0 Å². The first-order valence-electron chi connectivity index (χ1n) is 11.5.